The number of hydrogen-bond acceptors (Lipinski definition) is 3. The fourth-order valence-corrected chi connectivity index (χ4v) is 2.22. The first-order valence-electron chi connectivity index (χ1n) is 6.41. The van der Waals surface area contributed by atoms with Gasteiger partial charge in [0.25, 0.3) is 0 Å². The molecular weight excluding hydrogens is 565 g/mol. The maximum Gasteiger partial charge on any atom is 0.493 e. The average molecular weight is 568 g/mol. The minimum atomic E-state index is -7.11. The second kappa shape index (κ2) is 8.28. The third-order valence-electron chi connectivity index (χ3n) is 2.50. The molecular formula is C10H3BrF17N3. The van der Waals surface area contributed by atoms with Crippen molar-refractivity contribution in [1.29, 1.82) is 0 Å². The molecule has 0 amide bonds. The Balaban J connectivity index is 7.70. The van der Waals surface area contributed by atoms with Gasteiger partial charge in [0.15, 0.2) is 5.82 Å². The van der Waals surface area contributed by atoms with E-state index in [0.29, 0.717) is 0 Å². The van der Waals surface area contributed by atoms with E-state index in [2.05, 4.69) is 0 Å². The molecule has 0 aliphatic heterocycles. The van der Waals surface area contributed by atoms with Gasteiger partial charge in [0.1, 0.15) is 4.61 Å². The zero-order valence-corrected chi connectivity index (χ0v) is 15.2. The van der Waals surface area contributed by atoms with E-state index in [1.165, 1.54) is 15.9 Å². The first-order valence-corrected chi connectivity index (χ1v) is 7.21. The van der Waals surface area contributed by atoms with Crippen molar-refractivity contribution in [3.05, 3.63) is 16.2 Å². The maximum absolute atomic E-state index is 13.3. The molecule has 0 aliphatic rings. The predicted molar refractivity (Wildman–Crippen MR) is 65.9 cm³/mol. The van der Waals surface area contributed by atoms with Crippen LogP contribution >= 0.6 is 15.9 Å². The zero-order valence-electron chi connectivity index (χ0n) is 13.6. The second-order valence-electron chi connectivity index (χ2n) is 4.93. The van der Waals surface area contributed by atoms with E-state index in [0.717, 1.165) is 0 Å². The standard InChI is InChI=1S/C10H3BrF17N3/c1-5(12,13)30(8(20,21)22)4(31(9(23,24)25)10(26,27)28)2-3(11)29(6(14,15)16)7(17,18)19/h1H3. The van der Waals surface area contributed by atoms with Crippen molar-refractivity contribution in [2.45, 2.75) is 44.5 Å². The van der Waals surface area contributed by atoms with Gasteiger partial charge in [-0.25, -0.2) is 4.90 Å². The van der Waals surface area contributed by atoms with E-state index in [4.69, 9.17) is 0 Å². The molecule has 0 atom stereocenters. The first-order chi connectivity index (χ1) is 13.1. The quantitative estimate of drug-likeness (QED) is 0.211. The molecule has 0 radical (unpaired) electrons. The van der Waals surface area contributed by atoms with Crippen LogP contribution in [0.5, 0.6) is 0 Å². The average Bonchev–Trinajstić information content (AvgIpc) is 2.25. The van der Waals surface area contributed by atoms with Crippen LogP contribution in [0.1, 0.15) is 6.92 Å². The lowest BCUT2D eigenvalue weighted by Gasteiger charge is -2.39. The maximum atomic E-state index is 13.3. The van der Waals surface area contributed by atoms with Crippen molar-refractivity contribution >= 4 is 15.9 Å². The van der Waals surface area contributed by atoms with Crippen LogP contribution in [0.25, 0.3) is 0 Å². The van der Waals surface area contributed by atoms with Crippen LogP contribution in [0, 0.1) is 0 Å². The van der Waals surface area contributed by atoms with Crippen LogP contribution in [0.15, 0.2) is 16.2 Å². The number of nitrogens with zero attached hydrogens (tertiary/aromatic N) is 3. The molecule has 3 nitrogen and oxygen atoms in total. The van der Waals surface area contributed by atoms with E-state index < -0.39 is 69.6 Å². The zero-order chi connectivity index (χ0) is 25.6. The Morgan fingerprint density at radius 3 is 0.968 bits per heavy atom. The smallest absolute Gasteiger partial charge is 0.201 e. The number of alkyl halides is 17. The van der Waals surface area contributed by atoms with Crippen molar-refractivity contribution < 1.29 is 74.6 Å². The lowest BCUT2D eigenvalue weighted by atomic mass is 10.4. The summed E-state index contributed by atoms with van der Waals surface area (Å²) < 4.78 is 214. The van der Waals surface area contributed by atoms with E-state index in [9.17, 15) is 74.6 Å². The molecule has 0 heterocycles. The van der Waals surface area contributed by atoms with Crippen LogP contribution in [-0.4, -0.2) is 52.2 Å². The minimum absolute atomic E-state index is 0.196. The van der Waals surface area contributed by atoms with Crippen LogP contribution in [0.2, 0.25) is 0 Å². The van der Waals surface area contributed by atoms with Gasteiger partial charge < -0.3 is 0 Å². The third-order valence-corrected chi connectivity index (χ3v) is 3.05. The Morgan fingerprint density at radius 2 is 0.774 bits per heavy atom. The van der Waals surface area contributed by atoms with Gasteiger partial charge in [-0.15, -0.1) is 65.9 Å². The Kier molecular flexibility index (Phi) is 7.81. The molecule has 0 N–H and O–H groups in total. The Bertz CT molecular complexity index is 621. The van der Waals surface area contributed by atoms with Crippen molar-refractivity contribution in [1.82, 2.24) is 14.7 Å². The fourth-order valence-electron chi connectivity index (χ4n) is 1.64. The Hall–Kier alpha value is -1.79. The highest BCUT2D eigenvalue weighted by Gasteiger charge is 2.63. The van der Waals surface area contributed by atoms with Gasteiger partial charge in [-0.05, 0) is 21.7 Å². The van der Waals surface area contributed by atoms with Crippen molar-refractivity contribution in [3.8, 4) is 0 Å². The largest absolute Gasteiger partial charge is 0.493 e. The summed E-state index contributed by atoms with van der Waals surface area (Å²) in [6, 6.07) is -5.77. The monoisotopic (exact) mass is 567 g/mol. The molecule has 0 saturated heterocycles. The number of hydrogen-bond donors (Lipinski definition) is 0. The Labute approximate surface area is 167 Å². The molecule has 0 spiro atoms. The van der Waals surface area contributed by atoms with Crippen LogP contribution in [0.4, 0.5) is 74.6 Å². The van der Waals surface area contributed by atoms with Gasteiger partial charge in [0, 0.05) is 6.92 Å². The van der Waals surface area contributed by atoms with Crippen molar-refractivity contribution in [3.63, 3.8) is 0 Å². The molecule has 0 aliphatic carbocycles. The van der Waals surface area contributed by atoms with Crippen LogP contribution in [0.3, 0.4) is 0 Å². The lowest BCUT2D eigenvalue weighted by molar-refractivity contribution is -0.388. The summed E-state index contributed by atoms with van der Waals surface area (Å²) in [6.07, 6.45) is -34.5. The number of rotatable bonds is 4. The highest BCUT2D eigenvalue weighted by atomic mass is 79.9. The molecule has 0 rings (SSSR count). The fraction of sp³-hybridized carbons (Fsp3) is 0.700. The van der Waals surface area contributed by atoms with Gasteiger partial charge in [0.05, 0.1) is 0 Å². The molecule has 0 fully saturated rings. The van der Waals surface area contributed by atoms with E-state index in [1.54, 1.807) is 0 Å². The minimum Gasteiger partial charge on any atom is -0.201 e. The molecule has 0 unspecified atom stereocenters. The SMILES string of the molecule is CC(F)(F)N(C(=C=C(Br)N(C(F)(F)F)C(F)(F)F)N(C(F)(F)F)C(F)(F)F)C(F)(F)F. The van der Waals surface area contributed by atoms with Gasteiger partial charge >= 0.3 is 37.5 Å². The van der Waals surface area contributed by atoms with Crippen LogP contribution in [-0.2, 0) is 0 Å². The van der Waals surface area contributed by atoms with E-state index in [-0.39, 0.29) is 5.73 Å². The number of halogens is 18. The summed E-state index contributed by atoms with van der Waals surface area (Å²) in [4.78, 5) is -9.31. The molecule has 0 aromatic heterocycles. The normalized spacial score (nSPS) is 14.2. The summed E-state index contributed by atoms with van der Waals surface area (Å²) in [5.74, 6) is -4.01. The summed E-state index contributed by atoms with van der Waals surface area (Å²) in [6.45, 7) is -0.938. The van der Waals surface area contributed by atoms with Gasteiger partial charge in [-0.2, -0.15) is 18.6 Å². The molecule has 184 valence electrons. The topological polar surface area (TPSA) is 9.72 Å². The second-order valence-corrected chi connectivity index (χ2v) is 5.68. The van der Waals surface area contributed by atoms with Gasteiger partial charge in [-0.3, -0.25) is 0 Å². The molecule has 0 aromatic rings. The predicted octanol–water partition coefficient (Wildman–Crippen LogP) is 6.78. The summed E-state index contributed by atoms with van der Waals surface area (Å²) >= 11 is 1.19. The van der Waals surface area contributed by atoms with Gasteiger partial charge in [-0.1, -0.05) is 0 Å². The van der Waals surface area contributed by atoms with Crippen molar-refractivity contribution in [2.24, 2.45) is 0 Å². The summed E-state index contributed by atoms with van der Waals surface area (Å²) in [5.41, 5.74) is -0.196. The molecule has 0 bridgehead atoms. The highest BCUT2D eigenvalue weighted by molar-refractivity contribution is 9.11. The van der Waals surface area contributed by atoms with E-state index in [1.807, 2.05) is 0 Å². The highest BCUT2D eigenvalue weighted by Crippen LogP contribution is 2.45. The van der Waals surface area contributed by atoms with Gasteiger partial charge in [0.2, 0.25) is 0 Å². The summed E-state index contributed by atoms with van der Waals surface area (Å²) in [7, 11) is 0. The first kappa shape index (κ1) is 29.2. The van der Waals surface area contributed by atoms with Crippen molar-refractivity contribution in [2.75, 3.05) is 0 Å². The molecule has 0 aromatic carbocycles. The molecule has 21 heteroatoms. The molecule has 0 saturated carbocycles. The lowest BCUT2D eigenvalue weighted by Crippen LogP contribution is -2.58. The summed E-state index contributed by atoms with van der Waals surface area (Å²) in [5, 5.41) is 0. The molecule has 31 heavy (non-hydrogen) atoms. The van der Waals surface area contributed by atoms with Crippen LogP contribution < -0.4 is 0 Å². The van der Waals surface area contributed by atoms with E-state index >= 15 is 0 Å². The third kappa shape index (κ3) is 7.69. The Morgan fingerprint density at radius 1 is 0.516 bits per heavy atom.